The van der Waals surface area contributed by atoms with Crippen molar-refractivity contribution in [1.82, 2.24) is 5.43 Å². The number of rotatable bonds is 5. The summed E-state index contributed by atoms with van der Waals surface area (Å²) in [5.74, 6) is -0.118. The molecule has 0 bridgehead atoms. The summed E-state index contributed by atoms with van der Waals surface area (Å²) in [6, 6.07) is 15.8. The van der Waals surface area contributed by atoms with Crippen molar-refractivity contribution < 1.29 is 4.79 Å². The number of aryl methyl sites for hydroxylation is 1. The molecule has 4 heteroatoms. The standard InChI is InChI=1S/C17H17BrN2O/c1-2-13-3-5-14(6-4-13)11-17(21)20-19-12-15-7-9-16(18)10-8-15/h3-10,12H,2,11H2,1H3,(H,20,21)/b19-12+. The lowest BCUT2D eigenvalue weighted by molar-refractivity contribution is -0.120. The number of hydrazone groups is 1. The maximum Gasteiger partial charge on any atom is 0.244 e. The van der Waals surface area contributed by atoms with Gasteiger partial charge in [-0.1, -0.05) is 59.3 Å². The Kier molecular flexibility index (Phi) is 5.69. The van der Waals surface area contributed by atoms with E-state index in [1.54, 1.807) is 6.21 Å². The number of amides is 1. The van der Waals surface area contributed by atoms with E-state index in [0.29, 0.717) is 6.42 Å². The van der Waals surface area contributed by atoms with Gasteiger partial charge in [-0.15, -0.1) is 0 Å². The van der Waals surface area contributed by atoms with Crippen LogP contribution in [0.3, 0.4) is 0 Å². The third-order valence-electron chi connectivity index (χ3n) is 3.07. The van der Waals surface area contributed by atoms with Crippen LogP contribution in [0.25, 0.3) is 0 Å². The van der Waals surface area contributed by atoms with Gasteiger partial charge in [0.15, 0.2) is 0 Å². The monoisotopic (exact) mass is 344 g/mol. The Morgan fingerprint density at radius 2 is 1.71 bits per heavy atom. The molecule has 2 aromatic rings. The van der Waals surface area contributed by atoms with Gasteiger partial charge in [0.05, 0.1) is 12.6 Å². The van der Waals surface area contributed by atoms with Crippen LogP contribution in [0.2, 0.25) is 0 Å². The van der Waals surface area contributed by atoms with E-state index in [4.69, 9.17) is 0 Å². The summed E-state index contributed by atoms with van der Waals surface area (Å²) in [5, 5.41) is 3.96. The second-order valence-corrected chi connectivity index (χ2v) is 5.61. The van der Waals surface area contributed by atoms with Gasteiger partial charge >= 0.3 is 0 Å². The molecule has 0 aliphatic rings. The zero-order valence-electron chi connectivity index (χ0n) is 11.8. The molecule has 0 saturated heterocycles. The average molecular weight is 345 g/mol. The highest BCUT2D eigenvalue weighted by Crippen LogP contribution is 2.09. The normalized spacial score (nSPS) is 10.8. The van der Waals surface area contributed by atoms with Crippen molar-refractivity contribution in [2.75, 3.05) is 0 Å². The molecule has 108 valence electrons. The minimum absolute atomic E-state index is 0.118. The van der Waals surface area contributed by atoms with Crippen molar-refractivity contribution in [1.29, 1.82) is 0 Å². The molecule has 2 aromatic carbocycles. The summed E-state index contributed by atoms with van der Waals surface area (Å²) in [4.78, 5) is 11.8. The number of nitrogens with one attached hydrogen (secondary N) is 1. The molecule has 3 nitrogen and oxygen atoms in total. The van der Waals surface area contributed by atoms with E-state index in [1.165, 1.54) is 5.56 Å². The van der Waals surface area contributed by atoms with E-state index in [2.05, 4.69) is 33.4 Å². The Morgan fingerprint density at radius 3 is 2.33 bits per heavy atom. The third-order valence-corrected chi connectivity index (χ3v) is 3.60. The van der Waals surface area contributed by atoms with Crippen LogP contribution in [-0.2, 0) is 17.6 Å². The number of nitrogens with zero attached hydrogens (tertiary/aromatic N) is 1. The van der Waals surface area contributed by atoms with Gasteiger partial charge in [0.1, 0.15) is 0 Å². The topological polar surface area (TPSA) is 41.5 Å². The molecule has 21 heavy (non-hydrogen) atoms. The molecule has 0 saturated carbocycles. The van der Waals surface area contributed by atoms with E-state index in [9.17, 15) is 4.79 Å². The fourth-order valence-corrected chi connectivity index (χ4v) is 2.11. The Balaban J connectivity index is 1.85. The highest BCUT2D eigenvalue weighted by atomic mass is 79.9. The molecule has 0 atom stereocenters. The van der Waals surface area contributed by atoms with Gasteiger partial charge in [-0.25, -0.2) is 5.43 Å². The van der Waals surface area contributed by atoms with Crippen molar-refractivity contribution in [3.8, 4) is 0 Å². The van der Waals surface area contributed by atoms with E-state index < -0.39 is 0 Å². The maximum atomic E-state index is 11.8. The van der Waals surface area contributed by atoms with E-state index in [0.717, 1.165) is 22.0 Å². The van der Waals surface area contributed by atoms with Crippen LogP contribution in [0.4, 0.5) is 0 Å². The summed E-state index contributed by atoms with van der Waals surface area (Å²) in [5.41, 5.74) is 5.74. The van der Waals surface area contributed by atoms with Crippen LogP contribution < -0.4 is 5.43 Å². The van der Waals surface area contributed by atoms with Crippen LogP contribution in [0.15, 0.2) is 58.1 Å². The van der Waals surface area contributed by atoms with Crippen LogP contribution in [0, 0.1) is 0 Å². The maximum absolute atomic E-state index is 11.8. The molecular weight excluding hydrogens is 328 g/mol. The van der Waals surface area contributed by atoms with Gasteiger partial charge in [-0.3, -0.25) is 4.79 Å². The Labute approximate surface area is 133 Å². The molecule has 0 aliphatic heterocycles. The summed E-state index contributed by atoms with van der Waals surface area (Å²) in [7, 11) is 0. The molecule has 0 aliphatic carbocycles. The van der Waals surface area contributed by atoms with Gasteiger partial charge < -0.3 is 0 Å². The van der Waals surface area contributed by atoms with Crippen molar-refractivity contribution >= 4 is 28.1 Å². The number of carbonyl (C=O) groups is 1. The SMILES string of the molecule is CCc1ccc(CC(=O)N/N=C/c2ccc(Br)cc2)cc1. The first kappa shape index (κ1) is 15.4. The lowest BCUT2D eigenvalue weighted by atomic mass is 10.1. The third kappa shape index (κ3) is 5.16. The van der Waals surface area contributed by atoms with Crippen LogP contribution in [0.5, 0.6) is 0 Å². The average Bonchev–Trinajstić information content (AvgIpc) is 2.50. The molecule has 1 amide bonds. The lowest BCUT2D eigenvalue weighted by Crippen LogP contribution is -2.19. The summed E-state index contributed by atoms with van der Waals surface area (Å²) >= 11 is 3.37. The van der Waals surface area contributed by atoms with Crippen molar-refractivity contribution in [2.24, 2.45) is 5.10 Å². The largest absolute Gasteiger partial charge is 0.273 e. The molecule has 2 rings (SSSR count). The van der Waals surface area contributed by atoms with Crippen molar-refractivity contribution in [3.63, 3.8) is 0 Å². The quantitative estimate of drug-likeness (QED) is 0.652. The highest BCUT2D eigenvalue weighted by molar-refractivity contribution is 9.10. The minimum atomic E-state index is -0.118. The molecule has 0 unspecified atom stereocenters. The number of hydrogen-bond donors (Lipinski definition) is 1. The summed E-state index contributed by atoms with van der Waals surface area (Å²) < 4.78 is 1.01. The molecule has 0 aromatic heterocycles. The van der Waals surface area contributed by atoms with Gasteiger partial charge in [0, 0.05) is 4.47 Å². The zero-order chi connectivity index (χ0) is 15.1. The first-order valence-corrected chi connectivity index (χ1v) is 7.62. The Hall–Kier alpha value is -1.94. The number of hydrogen-bond acceptors (Lipinski definition) is 2. The number of halogens is 1. The molecule has 0 spiro atoms. The highest BCUT2D eigenvalue weighted by Gasteiger charge is 2.01. The summed E-state index contributed by atoms with van der Waals surface area (Å²) in [6.45, 7) is 2.11. The van der Waals surface area contributed by atoms with Crippen molar-refractivity contribution in [3.05, 3.63) is 69.7 Å². The van der Waals surface area contributed by atoms with Crippen LogP contribution in [0.1, 0.15) is 23.6 Å². The second-order valence-electron chi connectivity index (χ2n) is 4.69. The first-order valence-electron chi connectivity index (χ1n) is 6.82. The smallest absolute Gasteiger partial charge is 0.244 e. The Bertz CT molecular complexity index is 618. The van der Waals surface area contributed by atoms with Crippen LogP contribution >= 0.6 is 15.9 Å². The zero-order valence-corrected chi connectivity index (χ0v) is 13.4. The van der Waals surface area contributed by atoms with Gasteiger partial charge in [-0.05, 0) is 35.2 Å². The summed E-state index contributed by atoms with van der Waals surface area (Å²) in [6.07, 6.45) is 2.97. The molecule has 0 fully saturated rings. The number of carbonyl (C=O) groups excluding carboxylic acids is 1. The Morgan fingerprint density at radius 1 is 1.10 bits per heavy atom. The minimum Gasteiger partial charge on any atom is -0.273 e. The predicted molar refractivity (Wildman–Crippen MR) is 89.4 cm³/mol. The van der Waals surface area contributed by atoms with E-state index in [-0.39, 0.29) is 5.91 Å². The fraction of sp³-hybridized carbons (Fsp3) is 0.176. The molecule has 0 radical (unpaired) electrons. The van der Waals surface area contributed by atoms with Gasteiger partial charge in [0.2, 0.25) is 5.91 Å². The van der Waals surface area contributed by atoms with Gasteiger partial charge in [0.25, 0.3) is 0 Å². The van der Waals surface area contributed by atoms with Crippen molar-refractivity contribution in [2.45, 2.75) is 19.8 Å². The predicted octanol–water partition coefficient (Wildman–Crippen LogP) is 3.70. The van der Waals surface area contributed by atoms with E-state index in [1.807, 2.05) is 48.5 Å². The lowest BCUT2D eigenvalue weighted by Gasteiger charge is -2.02. The molecular formula is C17H17BrN2O. The fourth-order valence-electron chi connectivity index (χ4n) is 1.85. The van der Waals surface area contributed by atoms with Crippen LogP contribution in [-0.4, -0.2) is 12.1 Å². The molecule has 1 N–H and O–H groups in total. The van der Waals surface area contributed by atoms with E-state index >= 15 is 0 Å². The molecule has 0 heterocycles. The second kappa shape index (κ2) is 7.74. The van der Waals surface area contributed by atoms with Gasteiger partial charge in [-0.2, -0.15) is 5.10 Å². The first-order chi connectivity index (χ1) is 10.2. The number of benzene rings is 2.